The van der Waals surface area contributed by atoms with Crippen molar-refractivity contribution in [2.75, 3.05) is 40.3 Å². The second kappa shape index (κ2) is 6.87. The van der Waals surface area contributed by atoms with Crippen LogP contribution in [0.25, 0.3) is 0 Å². The van der Waals surface area contributed by atoms with Gasteiger partial charge in [0.2, 0.25) is 0 Å². The zero-order chi connectivity index (χ0) is 12.0. The third-order valence-corrected chi connectivity index (χ3v) is 3.28. The van der Waals surface area contributed by atoms with E-state index in [1.54, 1.807) is 11.1 Å². The van der Waals surface area contributed by atoms with Crippen LogP contribution in [0.15, 0.2) is 23.3 Å². The van der Waals surface area contributed by atoms with Crippen LogP contribution in [0.3, 0.4) is 0 Å². The Kier molecular flexibility index (Phi) is 5.78. The number of likely N-dealkylation sites (N-methyl/N-ethyl adjacent to an activating group) is 2. The molecular formula is C14H26N2. The van der Waals surface area contributed by atoms with Crippen LogP contribution >= 0.6 is 0 Å². The van der Waals surface area contributed by atoms with Gasteiger partial charge in [-0.25, -0.2) is 0 Å². The highest BCUT2D eigenvalue weighted by Crippen LogP contribution is 2.06. The minimum Gasteiger partial charge on any atom is -0.302 e. The summed E-state index contributed by atoms with van der Waals surface area (Å²) in [4.78, 5) is 4.65. The van der Waals surface area contributed by atoms with Crippen molar-refractivity contribution in [1.29, 1.82) is 0 Å². The number of rotatable bonds is 0. The van der Waals surface area contributed by atoms with E-state index < -0.39 is 0 Å². The van der Waals surface area contributed by atoms with Gasteiger partial charge in [-0.3, -0.25) is 0 Å². The summed E-state index contributed by atoms with van der Waals surface area (Å²) in [6.07, 6.45) is 7.11. The molecule has 0 unspecified atom stereocenters. The SMILES string of the molecule is CC1=CCN(C)CC1.CC1=CCN(C)CC1. The lowest BCUT2D eigenvalue weighted by molar-refractivity contribution is 0.359. The summed E-state index contributed by atoms with van der Waals surface area (Å²) >= 11 is 0. The number of hydrogen-bond donors (Lipinski definition) is 0. The van der Waals surface area contributed by atoms with E-state index in [1.807, 2.05) is 0 Å². The monoisotopic (exact) mass is 222 g/mol. The molecular weight excluding hydrogens is 196 g/mol. The Hall–Kier alpha value is -0.600. The lowest BCUT2D eigenvalue weighted by Gasteiger charge is -2.19. The molecule has 92 valence electrons. The maximum Gasteiger partial charge on any atom is 0.0162 e. The third kappa shape index (κ3) is 5.47. The largest absolute Gasteiger partial charge is 0.302 e. The molecule has 0 aliphatic carbocycles. The van der Waals surface area contributed by atoms with Crippen LogP contribution in [0.5, 0.6) is 0 Å². The molecule has 0 fully saturated rings. The fourth-order valence-electron chi connectivity index (χ4n) is 1.74. The molecule has 0 amide bonds. The van der Waals surface area contributed by atoms with Gasteiger partial charge in [-0.15, -0.1) is 0 Å². The van der Waals surface area contributed by atoms with Crippen LogP contribution in [-0.2, 0) is 0 Å². The van der Waals surface area contributed by atoms with Gasteiger partial charge < -0.3 is 9.80 Å². The van der Waals surface area contributed by atoms with Crippen molar-refractivity contribution in [3.8, 4) is 0 Å². The maximum atomic E-state index is 2.33. The lowest BCUT2D eigenvalue weighted by atomic mass is 10.1. The molecule has 2 aliphatic heterocycles. The van der Waals surface area contributed by atoms with Crippen LogP contribution in [0.4, 0.5) is 0 Å². The quantitative estimate of drug-likeness (QED) is 0.581. The first-order chi connectivity index (χ1) is 7.58. The average molecular weight is 222 g/mol. The Morgan fingerprint density at radius 3 is 1.38 bits per heavy atom. The van der Waals surface area contributed by atoms with E-state index in [0.29, 0.717) is 0 Å². The van der Waals surface area contributed by atoms with Crippen molar-refractivity contribution < 1.29 is 0 Å². The van der Waals surface area contributed by atoms with Gasteiger partial charge in [-0.05, 0) is 40.8 Å². The van der Waals surface area contributed by atoms with Crippen molar-refractivity contribution in [2.45, 2.75) is 26.7 Å². The molecule has 0 bridgehead atoms. The summed E-state index contributed by atoms with van der Waals surface area (Å²) in [5, 5.41) is 0. The minimum absolute atomic E-state index is 1.14. The molecule has 0 atom stereocenters. The first-order valence-electron chi connectivity index (χ1n) is 6.26. The normalized spacial score (nSPS) is 23.0. The Morgan fingerprint density at radius 2 is 1.19 bits per heavy atom. The van der Waals surface area contributed by atoms with E-state index >= 15 is 0 Å². The first-order valence-corrected chi connectivity index (χ1v) is 6.26. The summed E-state index contributed by atoms with van der Waals surface area (Å²) in [5.74, 6) is 0. The van der Waals surface area contributed by atoms with Gasteiger partial charge in [0.1, 0.15) is 0 Å². The van der Waals surface area contributed by atoms with Crippen LogP contribution in [0.1, 0.15) is 26.7 Å². The third-order valence-electron chi connectivity index (χ3n) is 3.28. The second-order valence-electron chi connectivity index (χ2n) is 5.13. The fraction of sp³-hybridized carbons (Fsp3) is 0.714. The van der Waals surface area contributed by atoms with Crippen molar-refractivity contribution >= 4 is 0 Å². The fourth-order valence-corrected chi connectivity index (χ4v) is 1.74. The molecule has 0 saturated carbocycles. The van der Waals surface area contributed by atoms with E-state index in [-0.39, 0.29) is 0 Å². The van der Waals surface area contributed by atoms with Crippen molar-refractivity contribution in [3.63, 3.8) is 0 Å². The zero-order valence-electron chi connectivity index (χ0n) is 11.3. The van der Waals surface area contributed by atoms with E-state index in [4.69, 9.17) is 0 Å². The van der Waals surface area contributed by atoms with E-state index in [1.165, 1.54) is 25.9 Å². The summed E-state index contributed by atoms with van der Waals surface area (Å²) in [7, 11) is 4.31. The number of hydrogen-bond acceptors (Lipinski definition) is 2. The molecule has 0 saturated heterocycles. The van der Waals surface area contributed by atoms with Gasteiger partial charge in [0.05, 0.1) is 0 Å². The summed E-state index contributed by atoms with van der Waals surface area (Å²) < 4.78 is 0. The van der Waals surface area contributed by atoms with Gasteiger partial charge >= 0.3 is 0 Å². The Labute approximate surface area is 101 Å². The molecule has 2 heterocycles. The van der Waals surface area contributed by atoms with E-state index in [0.717, 1.165) is 13.1 Å². The number of nitrogens with zero attached hydrogens (tertiary/aromatic N) is 2. The van der Waals surface area contributed by atoms with Gasteiger partial charge in [0.25, 0.3) is 0 Å². The van der Waals surface area contributed by atoms with Crippen LogP contribution in [0.2, 0.25) is 0 Å². The molecule has 0 N–H and O–H groups in total. The van der Waals surface area contributed by atoms with Gasteiger partial charge in [-0.2, -0.15) is 0 Å². The highest BCUT2D eigenvalue weighted by atomic mass is 15.1. The van der Waals surface area contributed by atoms with E-state index in [2.05, 4.69) is 49.9 Å². The molecule has 2 aliphatic rings. The van der Waals surface area contributed by atoms with Gasteiger partial charge in [0, 0.05) is 26.2 Å². The first kappa shape index (κ1) is 13.5. The van der Waals surface area contributed by atoms with Crippen molar-refractivity contribution in [2.24, 2.45) is 0 Å². The highest BCUT2D eigenvalue weighted by molar-refractivity contribution is 5.03. The maximum absolute atomic E-state index is 2.33. The molecule has 2 rings (SSSR count). The summed E-state index contributed by atoms with van der Waals surface area (Å²) in [6.45, 7) is 9.17. The zero-order valence-corrected chi connectivity index (χ0v) is 11.3. The second-order valence-corrected chi connectivity index (χ2v) is 5.13. The molecule has 0 aromatic carbocycles. The molecule has 0 aromatic rings. The minimum atomic E-state index is 1.14. The molecule has 0 spiro atoms. The van der Waals surface area contributed by atoms with E-state index in [9.17, 15) is 0 Å². The van der Waals surface area contributed by atoms with Crippen LogP contribution < -0.4 is 0 Å². The van der Waals surface area contributed by atoms with Gasteiger partial charge in [0.15, 0.2) is 0 Å². The summed E-state index contributed by atoms with van der Waals surface area (Å²) in [6, 6.07) is 0. The predicted molar refractivity (Wildman–Crippen MR) is 71.7 cm³/mol. The molecule has 16 heavy (non-hydrogen) atoms. The highest BCUT2D eigenvalue weighted by Gasteiger charge is 2.02. The Bertz CT molecular complexity index is 238. The average Bonchev–Trinajstić information content (AvgIpc) is 2.28. The molecule has 2 heteroatoms. The van der Waals surface area contributed by atoms with Gasteiger partial charge in [-0.1, -0.05) is 23.3 Å². The topological polar surface area (TPSA) is 6.48 Å². The molecule has 2 nitrogen and oxygen atoms in total. The molecule has 0 aromatic heterocycles. The van der Waals surface area contributed by atoms with Crippen LogP contribution in [-0.4, -0.2) is 50.1 Å². The Balaban J connectivity index is 0.000000160. The van der Waals surface area contributed by atoms with Crippen LogP contribution in [0, 0.1) is 0 Å². The smallest absolute Gasteiger partial charge is 0.0162 e. The lowest BCUT2D eigenvalue weighted by Crippen LogP contribution is -2.23. The summed E-state index contributed by atoms with van der Waals surface area (Å²) in [5.41, 5.74) is 3.09. The van der Waals surface area contributed by atoms with Crippen molar-refractivity contribution in [1.82, 2.24) is 9.80 Å². The standard InChI is InChI=1S/2C7H13N/c2*1-7-3-5-8(2)6-4-7/h2*3H,4-6H2,1-2H3. The van der Waals surface area contributed by atoms with Crippen molar-refractivity contribution in [3.05, 3.63) is 23.3 Å². The Morgan fingerprint density at radius 1 is 0.812 bits per heavy atom. The predicted octanol–water partition coefficient (Wildman–Crippen LogP) is 2.54. The molecule has 0 radical (unpaired) electrons.